The van der Waals surface area contributed by atoms with E-state index in [-0.39, 0.29) is 33.6 Å². The lowest BCUT2D eigenvalue weighted by Gasteiger charge is -2.15. The average molecular weight is 474 g/mol. The molecule has 1 heterocycles. The van der Waals surface area contributed by atoms with Gasteiger partial charge < -0.3 is 5.32 Å². The SMILES string of the molecule is O=C(CN1C(=O)c2ccccc2C1=O)Nc1ccc([N+](=O)[O-])cc1C(=O)c1cccc([N+](=O)[O-])c1. The first kappa shape index (κ1) is 22.9. The molecule has 3 aromatic rings. The molecule has 12 heteroatoms. The molecular weight excluding hydrogens is 460 g/mol. The molecule has 3 amide bonds. The van der Waals surface area contributed by atoms with E-state index in [1.807, 2.05) is 0 Å². The number of anilines is 1. The van der Waals surface area contributed by atoms with E-state index in [1.54, 1.807) is 12.1 Å². The Morgan fingerprint density at radius 2 is 1.40 bits per heavy atom. The third-order valence-electron chi connectivity index (χ3n) is 5.23. The van der Waals surface area contributed by atoms with E-state index in [4.69, 9.17) is 0 Å². The van der Waals surface area contributed by atoms with E-state index in [2.05, 4.69) is 5.32 Å². The molecule has 35 heavy (non-hydrogen) atoms. The van der Waals surface area contributed by atoms with Gasteiger partial charge in [-0.3, -0.25) is 44.3 Å². The van der Waals surface area contributed by atoms with Crippen LogP contribution in [0.2, 0.25) is 0 Å². The van der Waals surface area contributed by atoms with Gasteiger partial charge in [-0.15, -0.1) is 0 Å². The predicted molar refractivity (Wildman–Crippen MR) is 120 cm³/mol. The number of ketones is 1. The molecule has 0 spiro atoms. The number of hydrogen-bond acceptors (Lipinski definition) is 8. The third-order valence-corrected chi connectivity index (χ3v) is 5.23. The monoisotopic (exact) mass is 474 g/mol. The zero-order valence-electron chi connectivity index (χ0n) is 17.7. The number of amides is 3. The highest BCUT2D eigenvalue weighted by molar-refractivity contribution is 6.23. The Hall–Kier alpha value is -5.26. The quantitative estimate of drug-likeness (QED) is 0.236. The minimum atomic E-state index is -0.832. The highest BCUT2D eigenvalue weighted by Gasteiger charge is 2.36. The van der Waals surface area contributed by atoms with Gasteiger partial charge in [0.15, 0.2) is 5.78 Å². The number of nitrogens with one attached hydrogen (secondary N) is 1. The summed E-state index contributed by atoms with van der Waals surface area (Å²) >= 11 is 0. The Labute approximate surface area is 196 Å². The van der Waals surface area contributed by atoms with Crippen molar-refractivity contribution in [2.45, 2.75) is 0 Å². The molecule has 0 radical (unpaired) electrons. The van der Waals surface area contributed by atoms with Gasteiger partial charge in [0.2, 0.25) is 5.91 Å². The molecule has 4 rings (SSSR count). The summed E-state index contributed by atoms with van der Waals surface area (Å²) in [6, 6.07) is 13.9. The lowest BCUT2D eigenvalue weighted by Crippen LogP contribution is -2.37. The van der Waals surface area contributed by atoms with Crippen molar-refractivity contribution in [3.63, 3.8) is 0 Å². The number of nitro groups is 2. The van der Waals surface area contributed by atoms with Crippen molar-refractivity contribution in [1.29, 1.82) is 0 Å². The van der Waals surface area contributed by atoms with E-state index >= 15 is 0 Å². The standard InChI is InChI=1S/C23H14N4O8/c28-20(12-25-22(30)16-6-1-2-7-17(16)23(25)31)24-19-9-8-15(27(34)35)11-18(19)21(29)13-4-3-5-14(10-13)26(32)33/h1-11H,12H2,(H,24,28). The fraction of sp³-hybridized carbons (Fsp3) is 0.0435. The zero-order valence-corrected chi connectivity index (χ0v) is 17.7. The largest absolute Gasteiger partial charge is 0.324 e. The van der Waals surface area contributed by atoms with Crippen molar-refractivity contribution in [2.75, 3.05) is 11.9 Å². The second-order valence-corrected chi connectivity index (χ2v) is 7.41. The van der Waals surface area contributed by atoms with Crippen molar-refractivity contribution in [3.8, 4) is 0 Å². The van der Waals surface area contributed by atoms with Crippen LogP contribution in [0.25, 0.3) is 0 Å². The smallest absolute Gasteiger partial charge is 0.270 e. The molecule has 0 fully saturated rings. The number of nitro benzene ring substituents is 2. The van der Waals surface area contributed by atoms with Gasteiger partial charge in [0.25, 0.3) is 23.2 Å². The number of imide groups is 1. The van der Waals surface area contributed by atoms with Crippen LogP contribution >= 0.6 is 0 Å². The van der Waals surface area contributed by atoms with Gasteiger partial charge in [0.1, 0.15) is 6.54 Å². The Morgan fingerprint density at radius 3 is 2.00 bits per heavy atom. The predicted octanol–water partition coefficient (Wildman–Crippen LogP) is 2.97. The van der Waals surface area contributed by atoms with Crippen LogP contribution in [-0.2, 0) is 4.79 Å². The molecule has 12 nitrogen and oxygen atoms in total. The Kier molecular flexibility index (Phi) is 5.85. The maximum absolute atomic E-state index is 13.1. The number of fused-ring (bicyclic) bond motifs is 1. The molecule has 1 aliphatic rings. The molecule has 0 saturated carbocycles. The van der Waals surface area contributed by atoms with Crippen LogP contribution in [0, 0.1) is 20.2 Å². The van der Waals surface area contributed by atoms with Crippen LogP contribution in [0.15, 0.2) is 66.7 Å². The summed E-state index contributed by atoms with van der Waals surface area (Å²) in [6.07, 6.45) is 0. The first-order valence-electron chi connectivity index (χ1n) is 10.00. The molecule has 0 saturated heterocycles. The zero-order chi connectivity index (χ0) is 25.3. The summed E-state index contributed by atoms with van der Waals surface area (Å²) in [4.78, 5) is 72.4. The van der Waals surface area contributed by atoms with Crippen molar-refractivity contribution in [3.05, 3.63) is 109 Å². The molecule has 0 atom stereocenters. The second-order valence-electron chi connectivity index (χ2n) is 7.41. The van der Waals surface area contributed by atoms with Gasteiger partial charge in [-0.2, -0.15) is 0 Å². The number of hydrogen-bond donors (Lipinski definition) is 1. The fourth-order valence-electron chi connectivity index (χ4n) is 3.57. The van der Waals surface area contributed by atoms with Gasteiger partial charge in [0, 0.05) is 29.8 Å². The van der Waals surface area contributed by atoms with Crippen LogP contribution in [-0.4, -0.2) is 44.8 Å². The minimum Gasteiger partial charge on any atom is -0.324 e. The minimum absolute atomic E-state index is 0.129. The van der Waals surface area contributed by atoms with Gasteiger partial charge in [-0.05, 0) is 18.2 Å². The lowest BCUT2D eigenvalue weighted by molar-refractivity contribution is -0.385. The molecule has 3 aromatic carbocycles. The summed E-state index contributed by atoms with van der Waals surface area (Å²) in [5, 5.41) is 24.7. The molecule has 0 aliphatic carbocycles. The van der Waals surface area contributed by atoms with Gasteiger partial charge in [-0.25, -0.2) is 0 Å². The summed E-state index contributed by atoms with van der Waals surface area (Å²) in [6.45, 7) is -0.659. The molecule has 1 N–H and O–H groups in total. The summed E-state index contributed by atoms with van der Waals surface area (Å²) in [7, 11) is 0. The summed E-state index contributed by atoms with van der Waals surface area (Å²) in [5.74, 6) is -2.95. The first-order valence-corrected chi connectivity index (χ1v) is 10.00. The number of benzene rings is 3. The van der Waals surface area contributed by atoms with Crippen molar-refractivity contribution < 1.29 is 29.0 Å². The maximum atomic E-state index is 13.1. The maximum Gasteiger partial charge on any atom is 0.270 e. The second kappa shape index (κ2) is 8.94. The van der Waals surface area contributed by atoms with E-state index in [0.29, 0.717) is 0 Å². The van der Waals surface area contributed by atoms with Crippen molar-refractivity contribution in [1.82, 2.24) is 4.90 Å². The van der Waals surface area contributed by atoms with Crippen molar-refractivity contribution in [2.24, 2.45) is 0 Å². The number of non-ortho nitro benzene ring substituents is 2. The average Bonchev–Trinajstić information content (AvgIpc) is 3.08. The number of carbonyl (C=O) groups excluding carboxylic acids is 4. The lowest BCUT2D eigenvalue weighted by atomic mass is 10.0. The van der Waals surface area contributed by atoms with Crippen LogP contribution in [0.1, 0.15) is 36.6 Å². The van der Waals surface area contributed by atoms with E-state index in [1.165, 1.54) is 30.3 Å². The Bertz CT molecular complexity index is 1410. The van der Waals surface area contributed by atoms with Gasteiger partial charge in [-0.1, -0.05) is 24.3 Å². The topological polar surface area (TPSA) is 170 Å². The normalized spacial score (nSPS) is 12.3. The molecular formula is C23H14N4O8. The first-order chi connectivity index (χ1) is 16.7. The van der Waals surface area contributed by atoms with Crippen LogP contribution in [0.5, 0.6) is 0 Å². The third kappa shape index (κ3) is 4.35. The number of rotatable bonds is 7. The molecule has 0 unspecified atom stereocenters. The Balaban J connectivity index is 1.62. The van der Waals surface area contributed by atoms with Crippen LogP contribution in [0.4, 0.5) is 17.1 Å². The van der Waals surface area contributed by atoms with Gasteiger partial charge in [0.05, 0.1) is 32.2 Å². The molecule has 174 valence electrons. The summed E-state index contributed by atoms with van der Waals surface area (Å²) < 4.78 is 0. The Morgan fingerprint density at radius 1 is 0.800 bits per heavy atom. The van der Waals surface area contributed by atoms with E-state index in [9.17, 15) is 39.4 Å². The van der Waals surface area contributed by atoms with E-state index < -0.39 is 45.6 Å². The number of carbonyl (C=O) groups is 4. The fourth-order valence-corrected chi connectivity index (χ4v) is 3.57. The van der Waals surface area contributed by atoms with E-state index in [0.717, 1.165) is 29.2 Å². The molecule has 0 aromatic heterocycles. The van der Waals surface area contributed by atoms with Gasteiger partial charge >= 0.3 is 0 Å². The van der Waals surface area contributed by atoms with Crippen molar-refractivity contribution >= 4 is 40.6 Å². The highest BCUT2D eigenvalue weighted by Crippen LogP contribution is 2.27. The highest BCUT2D eigenvalue weighted by atomic mass is 16.6. The van der Waals surface area contributed by atoms with Crippen LogP contribution in [0.3, 0.4) is 0 Å². The number of nitrogens with zero attached hydrogens (tertiary/aromatic N) is 3. The van der Waals surface area contributed by atoms with Crippen LogP contribution < -0.4 is 5.32 Å². The molecule has 1 aliphatic heterocycles. The molecule has 0 bridgehead atoms. The summed E-state index contributed by atoms with van der Waals surface area (Å²) in [5.41, 5.74) is -1.06.